The van der Waals surface area contributed by atoms with Crippen LogP contribution >= 0.6 is 0 Å². The van der Waals surface area contributed by atoms with E-state index < -0.39 is 0 Å². The first-order valence-corrected chi connectivity index (χ1v) is 7.83. The Labute approximate surface area is 110 Å². The molecule has 0 saturated heterocycles. The maximum atomic E-state index is 12.7. The molecular weight excluding hydrogens is 224 g/mol. The standard InChI is InChI=1S/C15H26N2O/c16-9-10-17(11-5-1-2-6-11)15(18)14-12-7-3-4-8-13(12)14/h11-14H,1-10,16H2. The third-order valence-corrected chi connectivity index (χ3v) is 5.36. The number of carbonyl (C=O) groups is 1. The first kappa shape index (κ1) is 12.5. The molecule has 2 atom stereocenters. The van der Waals surface area contributed by atoms with E-state index in [1.54, 1.807) is 0 Å². The molecule has 0 bridgehead atoms. The summed E-state index contributed by atoms with van der Waals surface area (Å²) in [4.78, 5) is 14.9. The third kappa shape index (κ3) is 2.18. The van der Waals surface area contributed by atoms with E-state index >= 15 is 0 Å². The summed E-state index contributed by atoms with van der Waals surface area (Å²) in [5.41, 5.74) is 5.71. The molecule has 3 aliphatic carbocycles. The van der Waals surface area contributed by atoms with E-state index in [4.69, 9.17) is 5.73 Å². The molecule has 3 nitrogen and oxygen atoms in total. The molecule has 3 saturated carbocycles. The monoisotopic (exact) mass is 250 g/mol. The highest BCUT2D eigenvalue weighted by atomic mass is 16.2. The number of rotatable bonds is 4. The first-order chi connectivity index (χ1) is 8.83. The average Bonchev–Trinajstić information content (AvgIpc) is 2.87. The molecular formula is C15H26N2O. The molecule has 3 fully saturated rings. The Bertz CT molecular complexity index is 300. The van der Waals surface area contributed by atoms with Gasteiger partial charge in [0.1, 0.15) is 0 Å². The summed E-state index contributed by atoms with van der Waals surface area (Å²) < 4.78 is 0. The summed E-state index contributed by atoms with van der Waals surface area (Å²) in [5.74, 6) is 2.28. The molecule has 0 spiro atoms. The zero-order chi connectivity index (χ0) is 12.5. The van der Waals surface area contributed by atoms with Crippen LogP contribution in [0.5, 0.6) is 0 Å². The Morgan fingerprint density at radius 3 is 2.11 bits per heavy atom. The maximum Gasteiger partial charge on any atom is 0.226 e. The number of hydrogen-bond donors (Lipinski definition) is 1. The average molecular weight is 250 g/mol. The number of nitrogens with zero attached hydrogens (tertiary/aromatic N) is 1. The van der Waals surface area contributed by atoms with Crippen LogP contribution in [0.1, 0.15) is 51.4 Å². The van der Waals surface area contributed by atoms with Gasteiger partial charge in [0.25, 0.3) is 0 Å². The lowest BCUT2D eigenvalue weighted by atomic mass is 10.0. The fourth-order valence-corrected chi connectivity index (χ4v) is 4.38. The van der Waals surface area contributed by atoms with Crippen LogP contribution in [0.25, 0.3) is 0 Å². The molecule has 3 aliphatic rings. The first-order valence-electron chi connectivity index (χ1n) is 7.83. The van der Waals surface area contributed by atoms with Crippen LogP contribution in [-0.4, -0.2) is 29.9 Å². The summed E-state index contributed by atoms with van der Waals surface area (Å²) in [7, 11) is 0. The van der Waals surface area contributed by atoms with Gasteiger partial charge in [0.05, 0.1) is 0 Å². The van der Waals surface area contributed by atoms with Gasteiger partial charge >= 0.3 is 0 Å². The fourth-order valence-electron chi connectivity index (χ4n) is 4.38. The lowest BCUT2D eigenvalue weighted by molar-refractivity contribution is -0.135. The number of fused-ring (bicyclic) bond motifs is 1. The minimum absolute atomic E-state index is 0.375. The van der Waals surface area contributed by atoms with Crippen molar-refractivity contribution in [3.05, 3.63) is 0 Å². The number of carbonyl (C=O) groups excluding carboxylic acids is 1. The fraction of sp³-hybridized carbons (Fsp3) is 0.933. The number of nitrogens with two attached hydrogens (primary N) is 1. The second-order valence-electron chi connectivity index (χ2n) is 6.40. The van der Waals surface area contributed by atoms with Crippen molar-refractivity contribution in [2.45, 2.75) is 57.4 Å². The van der Waals surface area contributed by atoms with Crippen LogP contribution in [-0.2, 0) is 4.79 Å². The summed E-state index contributed by atoms with van der Waals surface area (Å²) in [6.45, 7) is 1.39. The second kappa shape index (κ2) is 5.20. The van der Waals surface area contributed by atoms with Crippen LogP contribution in [0.4, 0.5) is 0 Å². The molecule has 18 heavy (non-hydrogen) atoms. The van der Waals surface area contributed by atoms with Gasteiger partial charge in [-0.05, 0) is 37.5 Å². The van der Waals surface area contributed by atoms with Crippen molar-refractivity contribution in [2.24, 2.45) is 23.5 Å². The molecule has 0 heterocycles. The van der Waals surface area contributed by atoms with Crippen LogP contribution in [0.2, 0.25) is 0 Å². The van der Waals surface area contributed by atoms with Gasteiger partial charge in [0.15, 0.2) is 0 Å². The van der Waals surface area contributed by atoms with Gasteiger partial charge in [-0.3, -0.25) is 4.79 Å². The van der Waals surface area contributed by atoms with Crippen LogP contribution in [0, 0.1) is 17.8 Å². The Morgan fingerprint density at radius 2 is 1.56 bits per heavy atom. The van der Waals surface area contributed by atoms with Gasteiger partial charge in [-0.1, -0.05) is 25.7 Å². The van der Waals surface area contributed by atoms with Crippen LogP contribution in [0.3, 0.4) is 0 Å². The highest BCUT2D eigenvalue weighted by Crippen LogP contribution is 2.56. The second-order valence-corrected chi connectivity index (χ2v) is 6.40. The minimum Gasteiger partial charge on any atom is -0.338 e. The van der Waals surface area contributed by atoms with Crippen molar-refractivity contribution in [1.82, 2.24) is 4.90 Å². The Balaban J connectivity index is 1.64. The summed E-state index contributed by atoms with van der Waals surface area (Å²) in [6.07, 6.45) is 10.2. The van der Waals surface area contributed by atoms with Crippen LogP contribution in [0.15, 0.2) is 0 Å². The highest BCUT2D eigenvalue weighted by Gasteiger charge is 2.56. The maximum absolute atomic E-state index is 12.7. The van der Waals surface area contributed by atoms with Crippen molar-refractivity contribution in [2.75, 3.05) is 13.1 Å². The molecule has 3 heteroatoms. The number of amides is 1. The van der Waals surface area contributed by atoms with E-state index in [9.17, 15) is 4.79 Å². The SMILES string of the molecule is NCCN(C(=O)C1C2CCCCC21)C1CCCC1. The molecule has 102 valence electrons. The molecule has 0 aromatic rings. The normalized spacial score (nSPS) is 35.3. The Hall–Kier alpha value is -0.570. The van der Waals surface area contributed by atoms with E-state index in [0.29, 0.717) is 24.4 Å². The Kier molecular flexibility index (Phi) is 3.60. The topological polar surface area (TPSA) is 46.3 Å². The van der Waals surface area contributed by atoms with Gasteiger partial charge in [-0.15, -0.1) is 0 Å². The van der Waals surface area contributed by atoms with Crippen molar-refractivity contribution in [1.29, 1.82) is 0 Å². The molecule has 0 aromatic heterocycles. The summed E-state index contributed by atoms with van der Waals surface area (Å²) >= 11 is 0. The minimum atomic E-state index is 0.375. The van der Waals surface area contributed by atoms with Crippen molar-refractivity contribution in [3.8, 4) is 0 Å². The van der Waals surface area contributed by atoms with Gasteiger partial charge in [0, 0.05) is 25.0 Å². The third-order valence-electron chi connectivity index (χ3n) is 5.36. The van der Waals surface area contributed by atoms with Gasteiger partial charge < -0.3 is 10.6 Å². The Morgan fingerprint density at radius 1 is 1.00 bits per heavy atom. The van der Waals surface area contributed by atoms with E-state index in [1.807, 2.05) is 0 Å². The van der Waals surface area contributed by atoms with E-state index in [2.05, 4.69) is 4.90 Å². The lowest BCUT2D eigenvalue weighted by Gasteiger charge is -2.29. The predicted molar refractivity (Wildman–Crippen MR) is 72.0 cm³/mol. The summed E-state index contributed by atoms with van der Waals surface area (Å²) in [6, 6.07) is 0.503. The number of hydrogen-bond acceptors (Lipinski definition) is 2. The van der Waals surface area contributed by atoms with Gasteiger partial charge in [-0.25, -0.2) is 0 Å². The lowest BCUT2D eigenvalue weighted by Crippen LogP contribution is -2.43. The largest absolute Gasteiger partial charge is 0.338 e. The van der Waals surface area contributed by atoms with Gasteiger partial charge in [-0.2, -0.15) is 0 Å². The smallest absolute Gasteiger partial charge is 0.226 e. The van der Waals surface area contributed by atoms with E-state index in [-0.39, 0.29) is 0 Å². The van der Waals surface area contributed by atoms with Crippen molar-refractivity contribution < 1.29 is 4.79 Å². The molecule has 2 unspecified atom stereocenters. The molecule has 0 aliphatic heterocycles. The molecule has 1 amide bonds. The molecule has 0 radical (unpaired) electrons. The van der Waals surface area contributed by atoms with E-state index in [0.717, 1.165) is 18.4 Å². The zero-order valence-electron chi connectivity index (χ0n) is 11.3. The van der Waals surface area contributed by atoms with Crippen molar-refractivity contribution >= 4 is 5.91 Å². The van der Waals surface area contributed by atoms with Gasteiger partial charge in [0.2, 0.25) is 5.91 Å². The predicted octanol–water partition coefficient (Wildman–Crippen LogP) is 2.15. The molecule has 2 N–H and O–H groups in total. The molecule has 3 rings (SSSR count). The van der Waals surface area contributed by atoms with E-state index in [1.165, 1.54) is 51.4 Å². The summed E-state index contributed by atoms with van der Waals surface area (Å²) in [5, 5.41) is 0. The zero-order valence-corrected chi connectivity index (χ0v) is 11.3. The quantitative estimate of drug-likeness (QED) is 0.831. The van der Waals surface area contributed by atoms with Crippen LogP contribution < -0.4 is 5.73 Å². The van der Waals surface area contributed by atoms with Crippen molar-refractivity contribution in [3.63, 3.8) is 0 Å². The highest BCUT2D eigenvalue weighted by molar-refractivity contribution is 5.82. The molecule has 0 aromatic carbocycles.